The first-order chi connectivity index (χ1) is 8.81. The highest BCUT2D eigenvalue weighted by Gasteiger charge is 2.17. The Morgan fingerprint density at radius 2 is 2.06 bits per heavy atom. The smallest absolute Gasteiger partial charge is 0.253 e. The van der Waals surface area contributed by atoms with Crippen molar-refractivity contribution in [2.45, 2.75) is 19.3 Å². The van der Waals surface area contributed by atoms with Gasteiger partial charge in [0.2, 0.25) is 0 Å². The van der Waals surface area contributed by atoms with Gasteiger partial charge in [0, 0.05) is 24.2 Å². The molecule has 18 heavy (non-hydrogen) atoms. The van der Waals surface area contributed by atoms with Gasteiger partial charge in [-0.1, -0.05) is 17.9 Å². The molecule has 0 radical (unpaired) electrons. The van der Waals surface area contributed by atoms with Gasteiger partial charge in [-0.05, 0) is 37.5 Å². The quantitative estimate of drug-likeness (QED) is 0.761. The second-order valence-electron chi connectivity index (χ2n) is 4.44. The molecule has 1 aromatic rings. The molecule has 1 aliphatic heterocycles. The Morgan fingerprint density at radius 1 is 1.28 bits per heavy atom. The molecule has 1 amide bonds. The van der Waals surface area contributed by atoms with Crippen LogP contribution in [0.4, 0.5) is 0 Å². The molecule has 3 nitrogen and oxygen atoms in total. The number of piperidine rings is 1. The van der Waals surface area contributed by atoms with E-state index in [1.54, 1.807) is 0 Å². The standard InChI is InChI=1S/C15H18N2O/c16-9-5-7-13-6-4-8-14(12-13)15(18)17-10-2-1-3-11-17/h4,6,8,12H,1-3,9-11,16H2. The van der Waals surface area contributed by atoms with E-state index in [2.05, 4.69) is 11.8 Å². The minimum Gasteiger partial charge on any atom is -0.339 e. The average molecular weight is 242 g/mol. The maximum atomic E-state index is 12.3. The first-order valence-electron chi connectivity index (χ1n) is 6.39. The Kier molecular flexibility index (Phi) is 4.38. The molecule has 2 rings (SSSR count). The van der Waals surface area contributed by atoms with E-state index in [1.807, 2.05) is 29.2 Å². The summed E-state index contributed by atoms with van der Waals surface area (Å²) in [6.07, 6.45) is 3.45. The van der Waals surface area contributed by atoms with Crippen LogP contribution in [0.2, 0.25) is 0 Å². The summed E-state index contributed by atoms with van der Waals surface area (Å²) in [6, 6.07) is 7.47. The molecular formula is C15H18N2O. The summed E-state index contributed by atoms with van der Waals surface area (Å²) in [5.74, 6) is 5.88. The number of hydrogen-bond acceptors (Lipinski definition) is 2. The number of rotatable bonds is 1. The third-order valence-corrected chi connectivity index (χ3v) is 3.09. The van der Waals surface area contributed by atoms with Gasteiger partial charge in [0.15, 0.2) is 0 Å². The molecule has 94 valence electrons. The summed E-state index contributed by atoms with van der Waals surface area (Å²) < 4.78 is 0. The molecule has 0 saturated carbocycles. The molecule has 1 saturated heterocycles. The van der Waals surface area contributed by atoms with E-state index in [4.69, 9.17) is 5.73 Å². The molecule has 0 atom stereocenters. The van der Waals surface area contributed by atoms with Crippen LogP contribution in [0.15, 0.2) is 24.3 Å². The molecule has 0 unspecified atom stereocenters. The Labute approximate surface area is 108 Å². The summed E-state index contributed by atoms with van der Waals surface area (Å²) in [5.41, 5.74) is 6.92. The molecule has 2 N–H and O–H groups in total. The highest BCUT2D eigenvalue weighted by molar-refractivity contribution is 5.94. The lowest BCUT2D eigenvalue weighted by Gasteiger charge is -2.26. The minimum absolute atomic E-state index is 0.117. The minimum atomic E-state index is 0.117. The third kappa shape index (κ3) is 3.12. The fourth-order valence-electron chi connectivity index (χ4n) is 2.16. The van der Waals surface area contributed by atoms with Crippen LogP contribution in [0, 0.1) is 11.8 Å². The zero-order chi connectivity index (χ0) is 12.8. The summed E-state index contributed by atoms with van der Waals surface area (Å²) in [6.45, 7) is 2.08. The van der Waals surface area contributed by atoms with Crippen LogP contribution < -0.4 is 5.73 Å². The number of likely N-dealkylation sites (tertiary alicyclic amines) is 1. The van der Waals surface area contributed by atoms with Crippen molar-refractivity contribution in [1.82, 2.24) is 4.90 Å². The zero-order valence-electron chi connectivity index (χ0n) is 10.5. The van der Waals surface area contributed by atoms with Crippen LogP contribution in [0.25, 0.3) is 0 Å². The van der Waals surface area contributed by atoms with Gasteiger partial charge in [0.25, 0.3) is 5.91 Å². The van der Waals surface area contributed by atoms with Gasteiger partial charge in [-0.2, -0.15) is 0 Å². The van der Waals surface area contributed by atoms with Crippen LogP contribution in [0.1, 0.15) is 35.2 Å². The van der Waals surface area contributed by atoms with E-state index in [-0.39, 0.29) is 5.91 Å². The zero-order valence-corrected chi connectivity index (χ0v) is 10.5. The van der Waals surface area contributed by atoms with E-state index in [0.717, 1.165) is 37.1 Å². The van der Waals surface area contributed by atoms with E-state index in [9.17, 15) is 4.79 Å². The number of hydrogen-bond donors (Lipinski definition) is 1. The lowest BCUT2D eigenvalue weighted by atomic mass is 10.1. The Balaban J connectivity index is 2.14. The largest absolute Gasteiger partial charge is 0.339 e. The molecule has 3 heteroatoms. The van der Waals surface area contributed by atoms with Crippen LogP contribution in [0.3, 0.4) is 0 Å². The van der Waals surface area contributed by atoms with Gasteiger partial charge >= 0.3 is 0 Å². The van der Waals surface area contributed by atoms with Crippen molar-refractivity contribution >= 4 is 5.91 Å². The molecule has 1 fully saturated rings. The van der Waals surface area contributed by atoms with E-state index >= 15 is 0 Å². The average Bonchev–Trinajstić information content (AvgIpc) is 2.45. The van der Waals surface area contributed by atoms with Crippen molar-refractivity contribution in [3.05, 3.63) is 35.4 Å². The molecule has 0 bridgehead atoms. The Morgan fingerprint density at radius 3 is 2.78 bits per heavy atom. The topological polar surface area (TPSA) is 46.3 Å². The van der Waals surface area contributed by atoms with Crippen LogP contribution in [-0.4, -0.2) is 30.4 Å². The number of carbonyl (C=O) groups excluding carboxylic acids is 1. The molecule has 0 aromatic heterocycles. The monoisotopic (exact) mass is 242 g/mol. The van der Waals surface area contributed by atoms with Crippen molar-refractivity contribution < 1.29 is 4.79 Å². The first-order valence-corrected chi connectivity index (χ1v) is 6.39. The number of carbonyl (C=O) groups is 1. The maximum absolute atomic E-state index is 12.3. The molecule has 1 aromatic carbocycles. The summed E-state index contributed by atoms with van der Waals surface area (Å²) >= 11 is 0. The van der Waals surface area contributed by atoms with Gasteiger partial charge in [-0.3, -0.25) is 4.79 Å². The van der Waals surface area contributed by atoms with Crippen molar-refractivity contribution in [2.24, 2.45) is 5.73 Å². The molecular weight excluding hydrogens is 224 g/mol. The normalized spacial score (nSPS) is 14.8. The fraction of sp³-hybridized carbons (Fsp3) is 0.400. The second kappa shape index (κ2) is 6.23. The van der Waals surface area contributed by atoms with Crippen molar-refractivity contribution in [1.29, 1.82) is 0 Å². The summed E-state index contributed by atoms with van der Waals surface area (Å²) in [5, 5.41) is 0. The maximum Gasteiger partial charge on any atom is 0.253 e. The van der Waals surface area contributed by atoms with Gasteiger partial charge in [0.1, 0.15) is 0 Å². The van der Waals surface area contributed by atoms with Gasteiger partial charge < -0.3 is 10.6 Å². The van der Waals surface area contributed by atoms with Gasteiger partial charge in [-0.15, -0.1) is 0 Å². The summed E-state index contributed by atoms with van der Waals surface area (Å²) in [7, 11) is 0. The number of amides is 1. The van der Waals surface area contributed by atoms with Crippen LogP contribution in [-0.2, 0) is 0 Å². The van der Waals surface area contributed by atoms with Gasteiger partial charge in [0.05, 0.1) is 6.54 Å². The molecule has 0 aliphatic carbocycles. The van der Waals surface area contributed by atoms with E-state index in [1.165, 1.54) is 6.42 Å². The van der Waals surface area contributed by atoms with Crippen LogP contribution in [0.5, 0.6) is 0 Å². The molecule has 0 spiro atoms. The lowest BCUT2D eigenvalue weighted by Crippen LogP contribution is -2.35. The van der Waals surface area contributed by atoms with Crippen molar-refractivity contribution in [3.8, 4) is 11.8 Å². The first kappa shape index (κ1) is 12.7. The number of benzene rings is 1. The predicted molar refractivity (Wildman–Crippen MR) is 72.1 cm³/mol. The fourth-order valence-corrected chi connectivity index (χ4v) is 2.16. The lowest BCUT2D eigenvalue weighted by molar-refractivity contribution is 0.0724. The predicted octanol–water partition coefficient (Wildman–Crippen LogP) is 1.62. The SMILES string of the molecule is NCC#Cc1cccc(C(=O)N2CCCCC2)c1. The summed E-state index contributed by atoms with van der Waals surface area (Å²) in [4.78, 5) is 14.2. The van der Waals surface area contributed by atoms with E-state index in [0.29, 0.717) is 6.54 Å². The highest BCUT2D eigenvalue weighted by Crippen LogP contribution is 2.13. The number of nitrogens with two attached hydrogens (primary N) is 1. The third-order valence-electron chi connectivity index (χ3n) is 3.09. The van der Waals surface area contributed by atoms with Crippen LogP contribution >= 0.6 is 0 Å². The van der Waals surface area contributed by atoms with Crippen molar-refractivity contribution in [2.75, 3.05) is 19.6 Å². The van der Waals surface area contributed by atoms with Crippen molar-refractivity contribution in [3.63, 3.8) is 0 Å². The number of nitrogens with zero attached hydrogens (tertiary/aromatic N) is 1. The molecule has 1 heterocycles. The second-order valence-corrected chi connectivity index (χ2v) is 4.44. The van der Waals surface area contributed by atoms with E-state index < -0.39 is 0 Å². The van der Waals surface area contributed by atoms with Gasteiger partial charge in [-0.25, -0.2) is 0 Å². The Hall–Kier alpha value is -1.79. The molecule has 1 aliphatic rings. The Bertz CT molecular complexity index is 479. The highest BCUT2D eigenvalue weighted by atomic mass is 16.2.